The minimum Gasteiger partial charge on any atom is -0.312 e. The minimum atomic E-state index is -0.503. The van der Waals surface area contributed by atoms with Crippen molar-refractivity contribution in [3.8, 4) is 0 Å². The van der Waals surface area contributed by atoms with E-state index in [9.17, 15) is 8.78 Å². The fourth-order valence-corrected chi connectivity index (χ4v) is 3.41. The topological polar surface area (TPSA) is 15.3 Å². The summed E-state index contributed by atoms with van der Waals surface area (Å²) in [6.07, 6.45) is 4.80. The Hall–Kier alpha value is -1.00. The van der Waals surface area contributed by atoms with Crippen LogP contribution in [0.2, 0.25) is 0 Å². The molecular weight excluding hydrogens is 246 g/mol. The number of likely N-dealkylation sites (tertiary alicyclic amines) is 1. The van der Waals surface area contributed by atoms with Crippen LogP contribution in [-0.2, 0) is 6.54 Å². The molecule has 2 fully saturated rings. The summed E-state index contributed by atoms with van der Waals surface area (Å²) >= 11 is 0. The summed E-state index contributed by atoms with van der Waals surface area (Å²) in [5, 5.41) is 3.54. The van der Waals surface area contributed by atoms with Crippen molar-refractivity contribution in [2.75, 3.05) is 13.1 Å². The first-order valence-corrected chi connectivity index (χ1v) is 7.15. The van der Waals surface area contributed by atoms with Crippen LogP contribution in [0.15, 0.2) is 18.2 Å². The highest BCUT2D eigenvalue weighted by atomic mass is 19.1. The highest BCUT2D eigenvalue weighted by molar-refractivity contribution is 5.19. The smallest absolute Gasteiger partial charge is 0.130 e. The van der Waals surface area contributed by atoms with Crippen LogP contribution >= 0.6 is 0 Å². The van der Waals surface area contributed by atoms with Gasteiger partial charge in [-0.05, 0) is 44.8 Å². The summed E-state index contributed by atoms with van der Waals surface area (Å²) in [6.45, 7) is 2.70. The van der Waals surface area contributed by atoms with Gasteiger partial charge in [0.1, 0.15) is 11.6 Å². The van der Waals surface area contributed by atoms with Crippen LogP contribution in [0.5, 0.6) is 0 Å². The molecule has 0 bridgehead atoms. The SMILES string of the molecule is Fc1ccc(CN2CCCC2C2CCCN2)c(F)c1. The predicted molar refractivity (Wildman–Crippen MR) is 70.8 cm³/mol. The average Bonchev–Trinajstić information content (AvgIpc) is 3.03. The summed E-state index contributed by atoms with van der Waals surface area (Å²) < 4.78 is 26.6. The van der Waals surface area contributed by atoms with E-state index in [0.29, 0.717) is 24.2 Å². The molecule has 0 aliphatic carbocycles. The maximum Gasteiger partial charge on any atom is 0.130 e. The lowest BCUT2D eigenvalue weighted by Gasteiger charge is -2.29. The second-order valence-corrected chi connectivity index (χ2v) is 5.62. The van der Waals surface area contributed by atoms with Crippen molar-refractivity contribution in [2.24, 2.45) is 0 Å². The molecule has 2 aliphatic heterocycles. The lowest BCUT2D eigenvalue weighted by Crippen LogP contribution is -2.43. The van der Waals surface area contributed by atoms with Gasteiger partial charge in [-0.3, -0.25) is 4.90 Å². The molecule has 0 amide bonds. The van der Waals surface area contributed by atoms with Crippen molar-refractivity contribution < 1.29 is 8.78 Å². The van der Waals surface area contributed by atoms with Gasteiger partial charge in [-0.15, -0.1) is 0 Å². The van der Waals surface area contributed by atoms with Crippen molar-refractivity contribution in [1.82, 2.24) is 10.2 Å². The fourth-order valence-electron chi connectivity index (χ4n) is 3.41. The molecule has 2 nitrogen and oxygen atoms in total. The molecule has 2 aliphatic rings. The Kier molecular flexibility index (Phi) is 3.80. The highest BCUT2D eigenvalue weighted by Gasteiger charge is 2.33. The van der Waals surface area contributed by atoms with Crippen LogP contribution in [0.25, 0.3) is 0 Å². The standard InChI is InChI=1S/C15H20F2N2/c16-12-6-5-11(13(17)9-12)10-19-8-2-4-15(19)14-3-1-7-18-14/h5-6,9,14-15,18H,1-4,7-8,10H2. The van der Waals surface area contributed by atoms with Crippen LogP contribution in [0.4, 0.5) is 8.78 Å². The maximum absolute atomic E-state index is 13.7. The van der Waals surface area contributed by atoms with Gasteiger partial charge in [0, 0.05) is 30.3 Å². The molecule has 0 aromatic heterocycles. The van der Waals surface area contributed by atoms with Crippen molar-refractivity contribution in [3.05, 3.63) is 35.4 Å². The Labute approximate surface area is 112 Å². The predicted octanol–water partition coefficient (Wildman–Crippen LogP) is 2.68. The Balaban J connectivity index is 1.70. The Bertz CT molecular complexity index is 444. The maximum atomic E-state index is 13.7. The van der Waals surface area contributed by atoms with Crippen LogP contribution in [0, 0.1) is 11.6 Å². The molecule has 2 unspecified atom stereocenters. The van der Waals surface area contributed by atoms with Crippen molar-refractivity contribution in [2.45, 2.75) is 44.3 Å². The van der Waals surface area contributed by atoms with E-state index in [1.54, 1.807) is 6.07 Å². The molecule has 2 atom stereocenters. The lowest BCUT2D eigenvalue weighted by atomic mass is 10.0. The molecule has 2 heterocycles. The quantitative estimate of drug-likeness (QED) is 0.905. The molecule has 0 radical (unpaired) electrons. The number of benzene rings is 1. The Morgan fingerprint density at radius 3 is 2.84 bits per heavy atom. The highest BCUT2D eigenvalue weighted by Crippen LogP contribution is 2.27. The molecule has 0 saturated carbocycles. The summed E-state index contributed by atoms with van der Waals surface area (Å²) in [7, 11) is 0. The van der Waals surface area contributed by atoms with Gasteiger partial charge in [0.25, 0.3) is 0 Å². The van der Waals surface area contributed by atoms with Crippen LogP contribution in [-0.4, -0.2) is 30.1 Å². The van der Waals surface area contributed by atoms with E-state index < -0.39 is 11.6 Å². The number of nitrogens with one attached hydrogen (secondary N) is 1. The third-order valence-electron chi connectivity index (χ3n) is 4.37. The summed E-state index contributed by atoms with van der Waals surface area (Å²) in [5.74, 6) is -0.929. The van der Waals surface area contributed by atoms with Gasteiger partial charge in [0.2, 0.25) is 0 Å². The minimum absolute atomic E-state index is 0.426. The van der Waals surface area contributed by atoms with Gasteiger partial charge in [0.05, 0.1) is 0 Å². The molecule has 0 spiro atoms. The first-order chi connectivity index (χ1) is 9.24. The van der Waals surface area contributed by atoms with Crippen LogP contribution in [0.3, 0.4) is 0 Å². The third kappa shape index (κ3) is 2.79. The molecular formula is C15H20F2N2. The zero-order valence-corrected chi connectivity index (χ0v) is 11.0. The van der Waals surface area contributed by atoms with Crippen LogP contribution < -0.4 is 5.32 Å². The van der Waals surface area contributed by atoms with Gasteiger partial charge in [0.15, 0.2) is 0 Å². The zero-order valence-electron chi connectivity index (χ0n) is 11.0. The number of hydrogen-bond donors (Lipinski definition) is 1. The van der Waals surface area contributed by atoms with Gasteiger partial charge in [-0.25, -0.2) is 8.78 Å². The van der Waals surface area contributed by atoms with E-state index in [2.05, 4.69) is 10.2 Å². The van der Waals surface area contributed by atoms with Crippen molar-refractivity contribution in [1.29, 1.82) is 0 Å². The number of halogens is 2. The lowest BCUT2D eigenvalue weighted by molar-refractivity contribution is 0.204. The molecule has 3 rings (SSSR count). The van der Waals surface area contributed by atoms with Crippen molar-refractivity contribution >= 4 is 0 Å². The second-order valence-electron chi connectivity index (χ2n) is 5.62. The van der Waals surface area contributed by atoms with E-state index in [4.69, 9.17) is 0 Å². The first kappa shape index (κ1) is 13.0. The number of hydrogen-bond acceptors (Lipinski definition) is 2. The number of rotatable bonds is 3. The summed E-state index contributed by atoms with van der Waals surface area (Å²) in [6, 6.07) is 4.95. The van der Waals surface area contributed by atoms with Crippen LogP contribution in [0.1, 0.15) is 31.2 Å². The Morgan fingerprint density at radius 2 is 2.11 bits per heavy atom. The van der Waals surface area contributed by atoms with Gasteiger partial charge >= 0.3 is 0 Å². The third-order valence-corrected chi connectivity index (χ3v) is 4.37. The van der Waals surface area contributed by atoms with Gasteiger partial charge in [-0.1, -0.05) is 6.07 Å². The zero-order chi connectivity index (χ0) is 13.2. The normalized spacial score (nSPS) is 28.1. The van der Waals surface area contributed by atoms with Gasteiger partial charge < -0.3 is 5.32 Å². The van der Waals surface area contributed by atoms with E-state index >= 15 is 0 Å². The molecule has 1 aromatic carbocycles. The van der Waals surface area contributed by atoms with Crippen molar-refractivity contribution in [3.63, 3.8) is 0 Å². The monoisotopic (exact) mass is 266 g/mol. The van der Waals surface area contributed by atoms with Gasteiger partial charge in [-0.2, -0.15) is 0 Å². The van der Waals surface area contributed by atoms with E-state index in [0.717, 1.165) is 19.2 Å². The fraction of sp³-hybridized carbons (Fsp3) is 0.600. The van der Waals surface area contributed by atoms with E-state index in [1.165, 1.54) is 31.7 Å². The average molecular weight is 266 g/mol. The molecule has 4 heteroatoms. The molecule has 104 valence electrons. The first-order valence-electron chi connectivity index (χ1n) is 7.15. The molecule has 2 saturated heterocycles. The molecule has 1 N–H and O–H groups in total. The van der Waals surface area contributed by atoms with E-state index in [-0.39, 0.29) is 0 Å². The van der Waals surface area contributed by atoms with E-state index in [1.807, 2.05) is 0 Å². The largest absolute Gasteiger partial charge is 0.312 e. The second kappa shape index (κ2) is 5.55. The molecule has 1 aromatic rings. The summed E-state index contributed by atoms with van der Waals surface area (Å²) in [4.78, 5) is 2.35. The molecule has 19 heavy (non-hydrogen) atoms. The summed E-state index contributed by atoms with van der Waals surface area (Å²) in [5.41, 5.74) is 0.603. The number of nitrogens with zero attached hydrogens (tertiary/aromatic N) is 1. The Morgan fingerprint density at radius 1 is 1.21 bits per heavy atom.